The number of nitrogens with zero attached hydrogens (tertiary/aromatic N) is 3. The standard InChI is InChI=1S/C34H27N3O3/c1-20-6-3-4-9-25(20)23-7-5-8-24(16-23)28-18-29-33(27(17-31(38)39)21(2)19-37(29)36-28)26-10-11-30-32-22(13-15-40-30)12-14-35-34(26)32/h3-12,14,16,18-19H,13,15,17H2,1-2H3,(H,38,39). The molecular formula is C34H27N3O3. The predicted molar refractivity (Wildman–Crippen MR) is 157 cm³/mol. The Morgan fingerprint density at radius 1 is 0.950 bits per heavy atom. The van der Waals surface area contributed by atoms with E-state index in [0.29, 0.717) is 6.61 Å². The summed E-state index contributed by atoms with van der Waals surface area (Å²) >= 11 is 0. The minimum absolute atomic E-state index is 0.0968. The Labute approximate surface area is 231 Å². The van der Waals surface area contributed by atoms with Gasteiger partial charge in [0.1, 0.15) is 5.75 Å². The number of aryl methyl sites for hydroxylation is 2. The van der Waals surface area contributed by atoms with Gasteiger partial charge in [-0.15, -0.1) is 0 Å². The first kappa shape index (κ1) is 24.1. The number of carboxylic acid groups (broad SMARTS) is 1. The first-order chi connectivity index (χ1) is 19.5. The molecule has 40 heavy (non-hydrogen) atoms. The average molecular weight is 526 g/mol. The second kappa shape index (κ2) is 9.35. The van der Waals surface area contributed by atoms with Crippen LogP contribution in [0.5, 0.6) is 5.75 Å². The predicted octanol–water partition coefficient (Wildman–Crippen LogP) is 7.06. The molecule has 1 aliphatic heterocycles. The average Bonchev–Trinajstić information content (AvgIpc) is 3.38. The second-order valence-corrected chi connectivity index (χ2v) is 10.4. The molecular weight excluding hydrogens is 498 g/mol. The van der Waals surface area contributed by atoms with Gasteiger partial charge in [-0.05, 0) is 77.6 Å². The summed E-state index contributed by atoms with van der Waals surface area (Å²) in [5, 5.41) is 15.8. The van der Waals surface area contributed by atoms with Crippen LogP contribution in [0.2, 0.25) is 0 Å². The maximum atomic E-state index is 12.0. The Morgan fingerprint density at radius 3 is 2.65 bits per heavy atom. The fourth-order valence-corrected chi connectivity index (χ4v) is 5.96. The normalized spacial score (nSPS) is 12.6. The minimum Gasteiger partial charge on any atom is -0.493 e. The number of rotatable bonds is 5. The summed E-state index contributed by atoms with van der Waals surface area (Å²) < 4.78 is 7.83. The molecule has 0 aliphatic carbocycles. The van der Waals surface area contributed by atoms with Crippen LogP contribution in [0.4, 0.5) is 0 Å². The van der Waals surface area contributed by atoms with Gasteiger partial charge in [-0.3, -0.25) is 9.78 Å². The van der Waals surface area contributed by atoms with Crippen molar-refractivity contribution >= 4 is 22.4 Å². The lowest BCUT2D eigenvalue weighted by atomic mass is 9.91. The van der Waals surface area contributed by atoms with E-state index in [4.69, 9.17) is 14.8 Å². The number of aliphatic carboxylic acids is 1. The van der Waals surface area contributed by atoms with Crippen molar-refractivity contribution in [2.45, 2.75) is 26.7 Å². The summed E-state index contributed by atoms with van der Waals surface area (Å²) in [6, 6.07) is 24.8. The number of fused-ring (bicyclic) bond motifs is 1. The lowest BCUT2D eigenvalue weighted by Gasteiger charge is -2.21. The lowest BCUT2D eigenvalue weighted by molar-refractivity contribution is -0.136. The van der Waals surface area contributed by atoms with Gasteiger partial charge in [0, 0.05) is 40.9 Å². The minimum atomic E-state index is -0.876. The van der Waals surface area contributed by atoms with E-state index < -0.39 is 5.97 Å². The van der Waals surface area contributed by atoms with Crippen LogP contribution in [0.15, 0.2) is 85.2 Å². The first-order valence-corrected chi connectivity index (χ1v) is 13.4. The maximum absolute atomic E-state index is 12.0. The molecule has 0 atom stereocenters. The van der Waals surface area contributed by atoms with Crippen molar-refractivity contribution in [3.8, 4) is 39.3 Å². The van der Waals surface area contributed by atoms with Crippen molar-refractivity contribution in [3.63, 3.8) is 0 Å². The Kier molecular flexibility index (Phi) is 5.63. The summed E-state index contributed by atoms with van der Waals surface area (Å²) in [5.41, 5.74) is 11.6. The zero-order chi connectivity index (χ0) is 27.4. The highest BCUT2D eigenvalue weighted by Gasteiger charge is 2.23. The summed E-state index contributed by atoms with van der Waals surface area (Å²) in [6.07, 6.45) is 4.47. The van der Waals surface area contributed by atoms with Crippen LogP contribution in [0, 0.1) is 13.8 Å². The fraction of sp³-hybridized carbons (Fsp3) is 0.147. The van der Waals surface area contributed by atoms with E-state index in [1.165, 1.54) is 16.7 Å². The number of ether oxygens (including phenoxy) is 1. The van der Waals surface area contributed by atoms with Crippen LogP contribution in [-0.2, 0) is 17.6 Å². The zero-order valence-corrected chi connectivity index (χ0v) is 22.3. The van der Waals surface area contributed by atoms with E-state index in [1.807, 2.05) is 48.1 Å². The first-order valence-electron chi connectivity index (χ1n) is 13.4. The Morgan fingerprint density at radius 2 is 1.80 bits per heavy atom. The molecule has 7 rings (SSSR count). The molecule has 0 bridgehead atoms. The Hall–Kier alpha value is -4.97. The zero-order valence-electron chi connectivity index (χ0n) is 22.3. The molecule has 1 aliphatic rings. The highest BCUT2D eigenvalue weighted by molar-refractivity contribution is 6.04. The van der Waals surface area contributed by atoms with E-state index in [9.17, 15) is 9.90 Å². The van der Waals surface area contributed by atoms with Gasteiger partial charge in [0.15, 0.2) is 0 Å². The topological polar surface area (TPSA) is 76.7 Å². The third kappa shape index (κ3) is 3.92. The largest absolute Gasteiger partial charge is 0.493 e. The quantitative estimate of drug-likeness (QED) is 0.261. The van der Waals surface area contributed by atoms with Gasteiger partial charge < -0.3 is 9.84 Å². The monoisotopic (exact) mass is 525 g/mol. The molecule has 3 aromatic heterocycles. The molecule has 0 spiro atoms. The Balaban J connectivity index is 1.48. The van der Waals surface area contributed by atoms with Crippen molar-refractivity contribution in [3.05, 3.63) is 107 Å². The molecule has 6 nitrogen and oxygen atoms in total. The molecule has 3 aromatic carbocycles. The summed E-state index contributed by atoms with van der Waals surface area (Å²) in [5.74, 6) is -0.0582. The highest BCUT2D eigenvalue weighted by atomic mass is 16.5. The third-order valence-corrected chi connectivity index (χ3v) is 7.87. The van der Waals surface area contributed by atoms with Crippen molar-refractivity contribution in [1.29, 1.82) is 0 Å². The van der Waals surface area contributed by atoms with Gasteiger partial charge in [0.2, 0.25) is 0 Å². The number of carboxylic acids is 1. The van der Waals surface area contributed by atoms with Crippen LogP contribution < -0.4 is 4.74 Å². The Bertz CT molecular complexity index is 1960. The molecule has 6 heteroatoms. The summed E-state index contributed by atoms with van der Waals surface area (Å²) in [7, 11) is 0. The third-order valence-electron chi connectivity index (χ3n) is 7.87. The molecule has 0 saturated heterocycles. The lowest BCUT2D eigenvalue weighted by Crippen LogP contribution is -2.10. The highest BCUT2D eigenvalue weighted by Crippen LogP contribution is 2.41. The van der Waals surface area contributed by atoms with Crippen LogP contribution in [0.25, 0.3) is 49.9 Å². The van der Waals surface area contributed by atoms with Crippen molar-refractivity contribution < 1.29 is 14.6 Å². The number of benzene rings is 3. The number of carbonyl (C=O) groups is 1. The SMILES string of the molecule is Cc1ccccc1-c1cccc(-c2cc3c(-c4ccc5c6c(ccnc46)CCO5)c(CC(=O)O)c(C)cn3n2)c1. The smallest absolute Gasteiger partial charge is 0.307 e. The van der Waals surface area contributed by atoms with Crippen LogP contribution in [-0.4, -0.2) is 32.3 Å². The van der Waals surface area contributed by atoms with Gasteiger partial charge in [-0.1, -0.05) is 42.5 Å². The van der Waals surface area contributed by atoms with Gasteiger partial charge in [0.25, 0.3) is 0 Å². The van der Waals surface area contributed by atoms with Gasteiger partial charge in [-0.25, -0.2) is 4.52 Å². The molecule has 1 N–H and O–H groups in total. The molecule has 0 fully saturated rings. The second-order valence-electron chi connectivity index (χ2n) is 10.4. The van der Waals surface area contributed by atoms with E-state index in [0.717, 1.165) is 67.7 Å². The molecule has 196 valence electrons. The molecule has 0 unspecified atom stereocenters. The van der Waals surface area contributed by atoms with Crippen LogP contribution in [0.1, 0.15) is 22.3 Å². The number of hydrogen-bond acceptors (Lipinski definition) is 4. The van der Waals surface area contributed by atoms with Crippen LogP contribution in [0.3, 0.4) is 0 Å². The number of pyridine rings is 2. The maximum Gasteiger partial charge on any atom is 0.307 e. The van der Waals surface area contributed by atoms with E-state index in [2.05, 4.69) is 55.5 Å². The summed E-state index contributed by atoms with van der Waals surface area (Å²) in [6.45, 7) is 4.70. The molecule has 0 radical (unpaired) electrons. The fourth-order valence-electron chi connectivity index (χ4n) is 5.96. The number of hydrogen-bond donors (Lipinski definition) is 1. The van der Waals surface area contributed by atoms with Crippen LogP contribution >= 0.6 is 0 Å². The van der Waals surface area contributed by atoms with Crippen molar-refractivity contribution in [1.82, 2.24) is 14.6 Å². The molecule has 4 heterocycles. The summed E-state index contributed by atoms with van der Waals surface area (Å²) in [4.78, 5) is 16.8. The van der Waals surface area contributed by atoms with E-state index >= 15 is 0 Å². The van der Waals surface area contributed by atoms with Gasteiger partial charge >= 0.3 is 5.97 Å². The van der Waals surface area contributed by atoms with E-state index in [1.54, 1.807) is 0 Å². The van der Waals surface area contributed by atoms with Crippen molar-refractivity contribution in [2.75, 3.05) is 6.61 Å². The van der Waals surface area contributed by atoms with E-state index in [-0.39, 0.29) is 6.42 Å². The van der Waals surface area contributed by atoms with Gasteiger partial charge in [0.05, 0.1) is 29.8 Å². The van der Waals surface area contributed by atoms with Crippen molar-refractivity contribution in [2.24, 2.45) is 0 Å². The molecule has 6 aromatic rings. The number of aromatic nitrogens is 3. The molecule has 0 saturated carbocycles. The molecule has 0 amide bonds. The van der Waals surface area contributed by atoms with Gasteiger partial charge in [-0.2, -0.15) is 5.10 Å².